The van der Waals surface area contributed by atoms with Gasteiger partial charge >= 0.3 is 0 Å². The number of aryl methyl sites for hydroxylation is 1. The number of aliphatic hydroxyl groups is 1. The highest BCUT2D eigenvalue weighted by Crippen LogP contribution is 2.31. The van der Waals surface area contributed by atoms with Gasteiger partial charge in [-0.05, 0) is 38.5 Å². The summed E-state index contributed by atoms with van der Waals surface area (Å²) in [6, 6.07) is 4.28. The first-order chi connectivity index (χ1) is 16.7. The van der Waals surface area contributed by atoms with Gasteiger partial charge < -0.3 is 10.4 Å². The van der Waals surface area contributed by atoms with Crippen LogP contribution >= 0.6 is 0 Å². The molecule has 0 saturated carbocycles. The Morgan fingerprint density at radius 2 is 1.80 bits per heavy atom. The number of halogens is 2. The molecule has 10 nitrogen and oxygen atoms in total. The van der Waals surface area contributed by atoms with Crippen LogP contribution < -0.4 is 5.32 Å². The fourth-order valence-corrected chi connectivity index (χ4v) is 3.41. The van der Waals surface area contributed by atoms with E-state index in [1.54, 1.807) is 38.5 Å². The largest absolute Gasteiger partial charge is 0.382 e. The molecule has 0 amide bonds. The maximum atomic E-state index is 13.9. The Hall–Kier alpha value is -4.45. The van der Waals surface area contributed by atoms with Crippen molar-refractivity contribution >= 4 is 22.8 Å². The average molecular weight is 475 g/mol. The summed E-state index contributed by atoms with van der Waals surface area (Å²) in [5, 5.41) is 20.7. The zero-order valence-electron chi connectivity index (χ0n) is 18.9. The number of anilines is 2. The van der Waals surface area contributed by atoms with Crippen molar-refractivity contribution < 1.29 is 13.9 Å². The van der Waals surface area contributed by atoms with Crippen molar-refractivity contribution in [1.29, 1.82) is 0 Å². The first kappa shape index (κ1) is 22.3. The van der Waals surface area contributed by atoms with Crippen LogP contribution in [-0.2, 0) is 5.60 Å². The third kappa shape index (κ3) is 4.38. The molecular weight excluding hydrogens is 456 g/mol. The van der Waals surface area contributed by atoms with Crippen molar-refractivity contribution in [3.05, 3.63) is 66.0 Å². The van der Waals surface area contributed by atoms with E-state index in [0.717, 1.165) is 17.3 Å². The Morgan fingerprint density at radius 1 is 0.971 bits per heavy atom. The van der Waals surface area contributed by atoms with Gasteiger partial charge in [-0.25, -0.2) is 28.7 Å². The molecule has 0 aliphatic heterocycles. The van der Waals surface area contributed by atoms with Gasteiger partial charge in [0.2, 0.25) is 5.95 Å². The Kier molecular flexibility index (Phi) is 5.36. The van der Waals surface area contributed by atoms with Crippen LogP contribution in [0.25, 0.3) is 33.7 Å². The van der Waals surface area contributed by atoms with Crippen molar-refractivity contribution in [3.63, 3.8) is 0 Å². The van der Waals surface area contributed by atoms with E-state index in [0.29, 0.717) is 34.2 Å². The fraction of sp³-hybridized carbons (Fsp3) is 0.174. The summed E-state index contributed by atoms with van der Waals surface area (Å²) in [4.78, 5) is 25.3. The van der Waals surface area contributed by atoms with E-state index in [-0.39, 0.29) is 17.6 Å². The molecule has 0 atom stereocenters. The summed E-state index contributed by atoms with van der Waals surface area (Å²) in [6.07, 6.45) is 5.72. The van der Waals surface area contributed by atoms with E-state index >= 15 is 0 Å². The molecule has 176 valence electrons. The summed E-state index contributed by atoms with van der Waals surface area (Å²) in [5.74, 6) is -1.51. The second-order valence-corrected chi connectivity index (χ2v) is 8.35. The van der Waals surface area contributed by atoms with Crippen LogP contribution in [0.4, 0.5) is 20.5 Å². The summed E-state index contributed by atoms with van der Waals surface area (Å²) in [5.41, 5.74) is 2.61. The minimum absolute atomic E-state index is 0.0563. The SMILES string of the molecule is Cc1cnc(-c2ccnc(C(C)(C)O)n2)cc1-c1[nH]nc2nc(Nc3ncc(F)cc3F)ncc12. The van der Waals surface area contributed by atoms with E-state index in [4.69, 9.17) is 0 Å². The minimum atomic E-state index is -1.20. The van der Waals surface area contributed by atoms with Gasteiger partial charge in [0, 0.05) is 30.2 Å². The van der Waals surface area contributed by atoms with Gasteiger partial charge in [-0.2, -0.15) is 10.1 Å². The quantitative estimate of drug-likeness (QED) is 0.346. The van der Waals surface area contributed by atoms with Gasteiger partial charge in [-0.15, -0.1) is 0 Å². The molecule has 0 radical (unpaired) electrons. The Labute approximate surface area is 197 Å². The molecule has 0 spiro atoms. The smallest absolute Gasteiger partial charge is 0.230 e. The molecule has 0 unspecified atom stereocenters. The van der Waals surface area contributed by atoms with Crippen LogP contribution in [0.3, 0.4) is 0 Å². The number of rotatable bonds is 5. The van der Waals surface area contributed by atoms with Crippen LogP contribution in [0.1, 0.15) is 25.2 Å². The predicted molar refractivity (Wildman–Crippen MR) is 123 cm³/mol. The monoisotopic (exact) mass is 475 g/mol. The van der Waals surface area contributed by atoms with Crippen molar-refractivity contribution in [3.8, 4) is 22.6 Å². The molecule has 0 aliphatic carbocycles. The van der Waals surface area contributed by atoms with Crippen LogP contribution in [0, 0.1) is 18.6 Å². The van der Waals surface area contributed by atoms with E-state index in [1.165, 1.54) is 0 Å². The summed E-state index contributed by atoms with van der Waals surface area (Å²) >= 11 is 0. The molecule has 35 heavy (non-hydrogen) atoms. The zero-order valence-corrected chi connectivity index (χ0v) is 18.9. The van der Waals surface area contributed by atoms with E-state index in [2.05, 4.69) is 45.4 Å². The van der Waals surface area contributed by atoms with E-state index < -0.39 is 17.2 Å². The van der Waals surface area contributed by atoms with Crippen molar-refractivity contribution in [2.24, 2.45) is 0 Å². The van der Waals surface area contributed by atoms with Gasteiger partial charge in [0.25, 0.3) is 0 Å². The molecule has 0 aromatic carbocycles. The Morgan fingerprint density at radius 3 is 2.57 bits per heavy atom. The maximum Gasteiger partial charge on any atom is 0.230 e. The van der Waals surface area contributed by atoms with Crippen molar-refractivity contribution in [2.45, 2.75) is 26.4 Å². The molecule has 5 aromatic rings. The van der Waals surface area contributed by atoms with Crippen LogP contribution in [-0.4, -0.2) is 45.2 Å². The summed E-state index contributed by atoms with van der Waals surface area (Å²) < 4.78 is 27.0. The number of hydrogen-bond donors (Lipinski definition) is 3. The number of aromatic amines is 1. The molecule has 0 aliphatic rings. The normalized spacial score (nSPS) is 11.7. The van der Waals surface area contributed by atoms with Crippen LogP contribution in [0.15, 0.2) is 43.0 Å². The van der Waals surface area contributed by atoms with Crippen molar-refractivity contribution in [1.82, 2.24) is 40.1 Å². The number of pyridine rings is 2. The standard InChI is InChI=1S/C23H19F2N9O/c1-11-8-27-17(16-4-5-26-21(30-16)23(2,3)35)7-13(11)18-14-10-29-22(31-19(14)34-33-18)32-20-15(25)6-12(24)9-28-20/h4-10,35H,1-3H3,(H2,28,29,31,32,33,34). The third-order valence-corrected chi connectivity index (χ3v) is 5.19. The first-order valence-corrected chi connectivity index (χ1v) is 10.5. The molecule has 5 rings (SSSR count). The highest BCUT2D eigenvalue weighted by atomic mass is 19.1. The second-order valence-electron chi connectivity index (χ2n) is 8.35. The lowest BCUT2D eigenvalue weighted by Crippen LogP contribution is -2.19. The molecule has 5 heterocycles. The van der Waals surface area contributed by atoms with E-state index in [1.807, 2.05) is 13.0 Å². The van der Waals surface area contributed by atoms with Crippen LogP contribution in [0.2, 0.25) is 0 Å². The fourth-order valence-electron chi connectivity index (χ4n) is 3.41. The number of fused-ring (bicyclic) bond motifs is 1. The molecular formula is C23H19F2N9O. The number of nitrogens with zero attached hydrogens (tertiary/aromatic N) is 7. The number of H-pyrrole nitrogens is 1. The number of hydrogen-bond acceptors (Lipinski definition) is 9. The highest BCUT2D eigenvalue weighted by Gasteiger charge is 2.21. The Balaban J connectivity index is 1.51. The lowest BCUT2D eigenvalue weighted by atomic mass is 10.0. The molecule has 0 bridgehead atoms. The predicted octanol–water partition coefficient (Wildman–Crippen LogP) is 3.82. The minimum Gasteiger partial charge on any atom is -0.382 e. The summed E-state index contributed by atoms with van der Waals surface area (Å²) in [7, 11) is 0. The van der Waals surface area contributed by atoms with Crippen molar-refractivity contribution in [2.75, 3.05) is 5.32 Å². The third-order valence-electron chi connectivity index (χ3n) is 5.19. The molecule has 5 aromatic heterocycles. The van der Waals surface area contributed by atoms with Gasteiger partial charge in [-0.3, -0.25) is 10.1 Å². The lowest BCUT2D eigenvalue weighted by Gasteiger charge is -2.15. The second kappa shape index (κ2) is 8.40. The lowest BCUT2D eigenvalue weighted by molar-refractivity contribution is 0.0688. The summed E-state index contributed by atoms with van der Waals surface area (Å²) in [6.45, 7) is 5.13. The molecule has 3 N–H and O–H groups in total. The van der Waals surface area contributed by atoms with Gasteiger partial charge in [0.05, 0.1) is 28.7 Å². The van der Waals surface area contributed by atoms with Crippen LogP contribution in [0.5, 0.6) is 0 Å². The highest BCUT2D eigenvalue weighted by molar-refractivity contribution is 5.92. The van der Waals surface area contributed by atoms with Gasteiger partial charge in [0.1, 0.15) is 11.4 Å². The topological polar surface area (TPSA) is 138 Å². The molecule has 12 heteroatoms. The average Bonchev–Trinajstić information content (AvgIpc) is 3.24. The Bertz CT molecular complexity index is 1560. The van der Waals surface area contributed by atoms with E-state index in [9.17, 15) is 13.9 Å². The number of aromatic nitrogens is 8. The molecule has 0 fully saturated rings. The zero-order chi connectivity index (χ0) is 24.7. The van der Waals surface area contributed by atoms with Gasteiger partial charge in [0.15, 0.2) is 23.1 Å². The van der Waals surface area contributed by atoms with Gasteiger partial charge in [-0.1, -0.05) is 0 Å². The maximum absolute atomic E-state index is 13.9. The first-order valence-electron chi connectivity index (χ1n) is 10.5. The molecule has 0 saturated heterocycles. The number of nitrogens with one attached hydrogen (secondary N) is 2.